The summed E-state index contributed by atoms with van der Waals surface area (Å²) in [6.07, 6.45) is -19.5. The van der Waals surface area contributed by atoms with Gasteiger partial charge in [-0.25, -0.2) is 57.4 Å². The van der Waals surface area contributed by atoms with Crippen molar-refractivity contribution < 1.29 is 86.6 Å². The Kier molecular flexibility index (Phi) is 22.5. The predicted molar refractivity (Wildman–Crippen MR) is 331 cm³/mol. The van der Waals surface area contributed by atoms with E-state index in [4.69, 9.17) is 33.2 Å². The van der Waals surface area contributed by atoms with Crippen molar-refractivity contribution >= 4 is 52.0 Å². The predicted octanol–water partition coefficient (Wildman–Crippen LogP) is 5.03. The molecule has 9 rings (SSSR count). The lowest BCUT2D eigenvalue weighted by molar-refractivity contribution is -0.326. The molecule has 6 aromatic carbocycles. The standard InChI is InChI=1S/C62H71N7O19S4/c1-37-16-25-45(26-17-37)89(74,75)64-34-44-24-33-49(66-90(76,77)46-27-18-38(2)19-28-46)61(85-44)87-57-51(67-91(78,79)47-29-20-39(3)21-30-47)54(71)52(68-92(80,81)48-31-22-40(4)23-32-48)58(55(57)72)88-62-59(82-35-42-12-8-6-9-13-42)53(65-69-63)56(84-41(5)70)50(86-62)36-83-60(73)43-14-10-7-11-15-43/h6-23,25-32,44,49-59,61-62,64,66-68,71-72H,24,33-36H2,1-5H3/t44?,49?,50?,51-,52?,53?,54-,55?,56-,57?,58+,59+,61-,62-/m0/s1. The number of nitrogens with zero attached hydrogens (tertiary/aromatic N) is 3. The molecule has 14 atom stereocenters. The zero-order valence-electron chi connectivity index (χ0n) is 50.4. The Hall–Kier alpha value is -7.07. The quantitative estimate of drug-likeness (QED) is 0.0189. The zero-order valence-corrected chi connectivity index (χ0v) is 53.7. The highest BCUT2D eigenvalue weighted by molar-refractivity contribution is 7.90. The van der Waals surface area contributed by atoms with Crippen LogP contribution in [-0.4, -0.2) is 155 Å². The minimum Gasteiger partial charge on any atom is -0.459 e. The van der Waals surface area contributed by atoms with Gasteiger partial charge in [0.05, 0.1) is 62.1 Å². The van der Waals surface area contributed by atoms with Gasteiger partial charge in [0.25, 0.3) is 0 Å². The maximum Gasteiger partial charge on any atom is 0.338 e. The van der Waals surface area contributed by atoms with Crippen LogP contribution in [-0.2, 0) is 84.7 Å². The van der Waals surface area contributed by atoms with Crippen molar-refractivity contribution in [3.05, 3.63) is 202 Å². The van der Waals surface area contributed by atoms with Gasteiger partial charge in [-0.1, -0.05) is 124 Å². The minimum absolute atomic E-state index is 0.0306. The Labute approximate surface area is 533 Å². The van der Waals surface area contributed by atoms with E-state index in [0.29, 0.717) is 16.7 Å². The van der Waals surface area contributed by atoms with E-state index < -0.39 is 151 Å². The van der Waals surface area contributed by atoms with Crippen LogP contribution in [0.4, 0.5) is 0 Å². The van der Waals surface area contributed by atoms with Gasteiger partial charge in [-0.3, -0.25) is 4.79 Å². The lowest BCUT2D eigenvalue weighted by Crippen LogP contribution is -2.74. The summed E-state index contributed by atoms with van der Waals surface area (Å²) in [4.78, 5) is 28.5. The van der Waals surface area contributed by atoms with E-state index in [9.17, 15) is 59.0 Å². The Morgan fingerprint density at radius 2 is 1.02 bits per heavy atom. The molecule has 1 aliphatic carbocycles. The summed E-state index contributed by atoms with van der Waals surface area (Å²) >= 11 is 0. The summed E-state index contributed by atoms with van der Waals surface area (Å²) in [5.74, 6) is -1.79. The largest absolute Gasteiger partial charge is 0.459 e. The lowest BCUT2D eigenvalue weighted by atomic mass is 9.81. The van der Waals surface area contributed by atoms with Gasteiger partial charge in [0.15, 0.2) is 12.6 Å². The number of hydrogen-bond donors (Lipinski definition) is 6. The summed E-state index contributed by atoms with van der Waals surface area (Å²) in [5.41, 5.74) is 13.7. The average molecular weight is 1350 g/mol. The van der Waals surface area contributed by atoms with Gasteiger partial charge in [-0.2, -0.15) is 0 Å². The normalized spacial score (nSPS) is 26.2. The van der Waals surface area contributed by atoms with Crippen molar-refractivity contribution in [2.75, 3.05) is 13.2 Å². The van der Waals surface area contributed by atoms with E-state index in [-0.39, 0.29) is 44.6 Å². The Morgan fingerprint density at radius 3 is 1.50 bits per heavy atom. The van der Waals surface area contributed by atoms with Crippen LogP contribution in [0.1, 0.15) is 57.9 Å². The number of benzene rings is 6. The van der Waals surface area contributed by atoms with E-state index >= 15 is 0 Å². The van der Waals surface area contributed by atoms with Crippen molar-refractivity contribution in [2.24, 2.45) is 5.11 Å². The van der Waals surface area contributed by atoms with Crippen molar-refractivity contribution in [3.8, 4) is 0 Å². The van der Waals surface area contributed by atoms with Crippen LogP contribution in [0.2, 0.25) is 0 Å². The fraction of sp³-hybridized carbons (Fsp3) is 0.387. The molecule has 6 aromatic rings. The van der Waals surface area contributed by atoms with Crippen LogP contribution in [0.5, 0.6) is 0 Å². The van der Waals surface area contributed by atoms with Crippen molar-refractivity contribution in [1.29, 1.82) is 0 Å². The first-order valence-electron chi connectivity index (χ1n) is 29.1. The van der Waals surface area contributed by atoms with E-state index in [1.165, 1.54) is 84.9 Å². The number of esters is 2. The molecular formula is C62H71N7O19S4. The average Bonchev–Trinajstić information content (AvgIpc) is 0.751. The summed E-state index contributed by atoms with van der Waals surface area (Å²) in [5, 5.41) is 30.5. The van der Waals surface area contributed by atoms with E-state index in [2.05, 4.69) is 28.9 Å². The molecule has 1 saturated carbocycles. The number of aliphatic hydroxyl groups excluding tert-OH is 2. The monoisotopic (exact) mass is 1350 g/mol. The highest BCUT2D eigenvalue weighted by Gasteiger charge is 2.58. The van der Waals surface area contributed by atoms with Gasteiger partial charge >= 0.3 is 11.9 Å². The van der Waals surface area contributed by atoms with Gasteiger partial charge in [-0.15, -0.1) is 0 Å². The third-order valence-corrected chi connectivity index (χ3v) is 21.5. The van der Waals surface area contributed by atoms with Crippen LogP contribution in [0, 0.1) is 27.7 Å². The molecule has 0 bridgehead atoms. The molecule has 3 aliphatic rings. The van der Waals surface area contributed by atoms with Crippen LogP contribution < -0.4 is 18.9 Å². The molecule has 30 heteroatoms. The van der Waals surface area contributed by atoms with Crippen LogP contribution in [0.25, 0.3) is 10.4 Å². The Bertz CT molecular complexity index is 4030. The highest BCUT2D eigenvalue weighted by atomic mass is 32.2. The number of carbonyl (C=O) groups is 2. The SMILES string of the molecule is CC(=O)O[C@H]1C(COC(=O)c2ccccc2)O[C@@H](O[C@H]2C(O)C(O[C@@H]3OC(CNS(=O)(=O)c4ccc(C)cc4)CCC3NS(=O)(=O)c3ccc(C)cc3)[C@@H](NS(=O)(=O)c3ccc(C)cc3)[C@H](O)C2NS(=O)(=O)c2ccc(C)cc2)[C@H](OCc2ccccc2)C1N=[N+]=[N-]. The smallest absolute Gasteiger partial charge is 0.338 e. The topological polar surface area (TPSA) is 373 Å². The number of rotatable bonds is 25. The molecule has 26 nitrogen and oxygen atoms in total. The number of hydrogen-bond acceptors (Lipinski definition) is 20. The molecule has 7 unspecified atom stereocenters. The van der Waals surface area contributed by atoms with E-state index in [1.54, 1.807) is 100 Å². The van der Waals surface area contributed by atoms with Gasteiger partial charge < -0.3 is 43.4 Å². The molecule has 0 radical (unpaired) electrons. The number of nitrogens with one attached hydrogen (secondary N) is 4. The molecule has 0 amide bonds. The van der Waals surface area contributed by atoms with Crippen LogP contribution >= 0.6 is 0 Å². The first-order valence-corrected chi connectivity index (χ1v) is 35.1. The maximum atomic E-state index is 14.8. The van der Waals surface area contributed by atoms with E-state index in [0.717, 1.165) is 18.1 Å². The number of aliphatic hydroxyl groups is 2. The second-order valence-corrected chi connectivity index (χ2v) is 29.5. The fourth-order valence-corrected chi connectivity index (χ4v) is 15.6. The number of carbonyl (C=O) groups excluding carboxylic acids is 2. The Morgan fingerprint density at radius 1 is 0.565 bits per heavy atom. The number of azide groups is 1. The maximum absolute atomic E-state index is 14.8. The molecule has 2 heterocycles. The summed E-state index contributed by atoms with van der Waals surface area (Å²) < 4.78 is 169. The van der Waals surface area contributed by atoms with Crippen molar-refractivity contribution in [1.82, 2.24) is 18.9 Å². The summed E-state index contributed by atoms with van der Waals surface area (Å²) in [6.45, 7) is 6.49. The van der Waals surface area contributed by atoms with Crippen LogP contribution in [0.3, 0.4) is 0 Å². The van der Waals surface area contributed by atoms with Crippen molar-refractivity contribution in [3.63, 3.8) is 0 Å². The Balaban J connectivity index is 1.17. The molecule has 492 valence electrons. The second-order valence-electron chi connectivity index (χ2n) is 22.6. The van der Waals surface area contributed by atoms with Gasteiger partial charge in [-0.05, 0) is 112 Å². The van der Waals surface area contributed by atoms with Gasteiger partial charge in [0, 0.05) is 18.4 Å². The fourth-order valence-electron chi connectivity index (χ4n) is 10.7. The molecule has 3 fully saturated rings. The second kappa shape index (κ2) is 29.9. The molecule has 0 aromatic heterocycles. The molecular weight excluding hydrogens is 1270 g/mol. The third-order valence-electron chi connectivity index (χ3n) is 15.6. The molecule has 92 heavy (non-hydrogen) atoms. The third kappa shape index (κ3) is 17.2. The van der Waals surface area contributed by atoms with Crippen molar-refractivity contribution in [2.45, 2.75) is 159 Å². The molecule has 0 spiro atoms. The highest BCUT2D eigenvalue weighted by Crippen LogP contribution is 2.37. The first kappa shape index (κ1) is 69.3. The summed E-state index contributed by atoms with van der Waals surface area (Å²) in [7, 11) is -18.4. The lowest BCUT2D eigenvalue weighted by Gasteiger charge is -2.51. The van der Waals surface area contributed by atoms with Crippen LogP contribution in [0.15, 0.2) is 182 Å². The van der Waals surface area contributed by atoms with Gasteiger partial charge in [0.2, 0.25) is 40.1 Å². The number of ether oxygens (including phenoxy) is 7. The molecule has 6 N–H and O–H groups in total. The number of aryl methyl sites for hydroxylation is 4. The molecule has 2 saturated heterocycles. The first-order chi connectivity index (χ1) is 43.7. The zero-order chi connectivity index (χ0) is 66.1. The molecule has 2 aliphatic heterocycles. The van der Waals surface area contributed by atoms with Gasteiger partial charge in [0.1, 0.15) is 49.3 Å². The minimum atomic E-state index is -4.87. The van der Waals surface area contributed by atoms with E-state index in [1.807, 2.05) is 0 Å². The number of sulfonamides is 4. The summed E-state index contributed by atoms with van der Waals surface area (Å²) in [6, 6.07) is 31.5.